The smallest absolute Gasteiger partial charge is 0.338 e. The number of likely N-dealkylation sites (tertiary alicyclic amines) is 2. The minimum Gasteiger partial charge on any atom is -0.338 e. The second kappa shape index (κ2) is 12.5. The van der Waals surface area contributed by atoms with Gasteiger partial charge in [-0.3, -0.25) is 24.5 Å². The van der Waals surface area contributed by atoms with E-state index < -0.39 is 11.2 Å². The maximum atomic E-state index is 12.7. The van der Waals surface area contributed by atoms with E-state index in [2.05, 4.69) is 20.1 Å². The first-order chi connectivity index (χ1) is 19.1. The number of carbonyl (C=O) groups excluding carboxylic acids is 2. The topological polar surface area (TPSA) is 146 Å². The maximum Gasteiger partial charge on any atom is 0.354 e. The van der Waals surface area contributed by atoms with E-state index in [0.29, 0.717) is 44.0 Å². The van der Waals surface area contributed by atoms with Gasteiger partial charge in [-0.25, -0.2) is 9.59 Å². The molecule has 1 aromatic heterocycles. The fourth-order valence-electron chi connectivity index (χ4n) is 5.15. The summed E-state index contributed by atoms with van der Waals surface area (Å²) in [6, 6.07) is 10.1. The number of rotatable bonds is 6. The van der Waals surface area contributed by atoms with Crippen molar-refractivity contribution in [2.75, 3.05) is 57.7 Å². The molecule has 0 atom stereocenters. The van der Waals surface area contributed by atoms with Crippen LogP contribution in [0.3, 0.4) is 0 Å². The summed E-state index contributed by atoms with van der Waals surface area (Å²) in [7, 11) is 0. The van der Waals surface area contributed by atoms with Crippen molar-refractivity contribution in [3.05, 3.63) is 52.6 Å². The van der Waals surface area contributed by atoms with Crippen LogP contribution in [-0.4, -0.2) is 111 Å². The highest BCUT2D eigenvalue weighted by Gasteiger charge is 2.37. The lowest BCUT2D eigenvalue weighted by Crippen LogP contribution is -2.68. The molecule has 0 bridgehead atoms. The first-order valence-corrected chi connectivity index (χ1v) is 14.1. The molecular formula is C28H43N9O3. The molecule has 3 aliphatic heterocycles. The Labute approximate surface area is 235 Å². The molecule has 5 N–H and O–H groups in total. The molecule has 3 saturated heterocycles. The zero-order valence-corrected chi connectivity index (χ0v) is 24.0. The highest BCUT2D eigenvalue weighted by atomic mass is 16.2. The summed E-state index contributed by atoms with van der Waals surface area (Å²) in [4.78, 5) is 49.9. The first-order valence-electron chi connectivity index (χ1n) is 14.1. The lowest BCUT2D eigenvalue weighted by molar-refractivity contribution is -0.137. The Kier molecular flexibility index (Phi) is 9.24. The van der Waals surface area contributed by atoms with Crippen LogP contribution in [0.1, 0.15) is 33.3 Å². The van der Waals surface area contributed by atoms with Gasteiger partial charge >= 0.3 is 11.7 Å². The Morgan fingerprint density at radius 3 is 2.12 bits per heavy atom. The van der Waals surface area contributed by atoms with Gasteiger partial charge in [0.25, 0.3) is 0 Å². The number of hydrogen-bond donors (Lipinski definition) is 3. The Balaban J connectivity index is 0.00000181. The van der Waals surface area contributed by atoms with Crippen LogP contribution < -0.4 is 22.5 Å². The SMILES string of the molecule is CC.CC(C)(N)C(=O)N1CCN(C(=O)Nc2ccn(-c3ccc(CN4CC(N5CC(N)C5)C4)cc3)c(=O)n2)CC1. The summed E-state index contributed by atoms with van der Waals surface area (Å²) < 4.78 is 1.45. The Bertz CT molecular complexity index is 1220. The summed E-state index contributed by atoms with van der Waals surface area (Å²) in [6.45, 7) is 13.9. The van der Waals surface area contributed by atoms with Crippen LogP contribution in [0.5, 0.6) is 0 Å². The summed E-state index contributed by atoms with van der Waals surface area (Å²) in [5.41, 5.74) is 12.3. The number of carbonyl (C=O) groups is 2. The van der Waals surface area contributed by atoms with Gasteiger partial charge in [-0.15, -0.1) is 0 Å². The molecule has 4 heterocycles. The van der Waals surface area contributed by atoms with Crippen molar-refractivity contribution >= 4 is 17.8 Å². The van der Waals surface area contributed by atoms with Crippen LogP contribution in [0.15, 0.2) is 41.3 Å². The molecule has 218 valence electrons. The first kappa shape index (κ1) is 29.7. The van der Waals surface area contributed by atoms with Gasteiger partial charge in [0, 0.05) is 77.2 Å². The minimum atomic E-state index is -0.945. The molecule has 0 unspecified atom stereocenters. The van der Waals surface area contributed by atoms with Gasteiger partial charge in [-0.2, -0.15) is 4.98 Å². The number of nitrogens with two attached hydrogens (primary N) is 2. The van der Waals surface area contributed by atoms with Crippen molar-refractivity contribution in [2.24, 2.45) is 11.5 Å². The monoisotopic (exact) mass is 553 g/mol. The van der Waals surface area contributed by atoms with Crippen LogP contribution in [0.25, 0.3) is 5.69 Å². The lowest BCUT2D eigenvalue weighted by atomic mass is 9.99. The number of aromatic nitrogens is 2. The third-order valence-electron chi connectivity index (χ3n) is 7.46. The number of nitrogens with zero attached hydrogens (tertiary/aromatic N) is 6. The van der Waals surface area contributed by atoms with Gasteiger partial charge in [-0.05, 0) is 37.6 Å². The molecule has 0 saturated carbocycles. The van der Waals surface area contributed by atoms with E-state index in [1.54, 1.807) is 35.9 Å². The Morgan fingerprint density at radius 1 is 0.975 bits per heavy atom. The maximum absolute atomic E-state index is 12.7. The molecule has 12 nitrogen and oxygen atoms in total. The van der Waals surface area contributed by atoms with Crippen LogP contribution >= 0.6 is 0 Å². The summed E-state index contributed by atoms with van der Waals surface area (Å²) in [5.74, 6) is 0.0442. The second-order valence-corrected chi connectivity index (χ2v) is 11.1. The normalized spacial score (nSPS) is 18.9. The number of piperazine rings is 1. The summed E-state index contributed by atoms with van der Waals surface area (Å²) in [6.07, 6.45) is 1.61. The van der Waals surface area contributed by atoms with E-state index in [1.165, 1.54) is 10.1 Å². The number of anilines is 1. The van der Waals surface area contributed by atoms with Crippen LogP contribution in [-0.2, 0) is 11.3 Å². The lowest BCUT2D eigenvalue weighted by Gasteiger charge is -2.51. The molecule has 2 aromatic rings. The molecule has 0 radical (unpaired) electrons. The predicted molar refractivity (Wildman–Crippen MR) is 155 cm³/mol. The van der Waals surface area contributed by atoms with Crippen LogP contribution in [0, 0.1) is 0 Å². The molecule has 0 spiro atoms. The van der Waals surface area contributed by atoms with Gasteiger partial charge in [0.15, 0.2) is 0 Å². The molecular weight excluding hydrogens is 510 g/mol. The van der Waals surface area contributed by atoms with Crippen LogP contribution in [0.2, 0.25) is 0 Å². The molecule has 1 aromatic carbocycles. The number of urea groups is 1. The van der Waals surface area contributed by atoms with Crippen molar-refractivity contribution < 1.29 is 9.59 Å². The zero-order chi connectivity index (χ0) is 29.0. The quantitative estimate of drug-likeness (QED) is 0.469. The Hall–Kier alpha value is -3.32. The molecule has 12 heteroatoms. The fourth-order valence-corrected chi connectivity index (χ4v) is 5.15. The zero-order valence-electron chi connectivity index (χ0n) is 24.0. The Morgan fingerprint density at radius 2 is 1.57 bits per heavy atom. The third kappa shape index (κ3) is 6.87. The van der Waals surface area contributed by atoms with Gasteiger partial charge in [-0.1, -0.05) is 26.0 Å². The van der Waals surface area contributed by atoms with E-state index >= 15 is 0 Å². The minimum absolute atomic E-state index is 0.141. The van der Waals surface area contributed by atoms with Crippen molar-refractivity contribution in [3.8, 4) is 5.69 Å². The largest absolute Gasteiger partial charge is 0.354 e. The van der Waals surface area contributed by atoms with Crippen molar-refractivity contribution in [3.63, 3.8) is 0 Å². The van der Waals surface area contributed by atoms with Gasteiger partial charge in [0.2, 0.25) is 5.91 Å². The van der Waals surface area contributed by atoms with Crippen molar-refractivity contribution in [1.82, 2.24) is 29.2 Å². The van der Waals surface area contributed by atoms with Crippen LogP contribution in [0.4, 0.5) is 10.6 Å². The van der Waals surface area contributed by atoms with Gasteiger partial charge < -0.3 is 21.3 Å². The number of nitrogens with one attached hydrogen (secondary N) is 1. The standard InChI is InChI=1S/C26H37N9O3.C2H6/c1-26(2,28)23(36)32-9-11-33(12-10-32)24(37)29-22-7-8-35(25(38)30-22)20-5-3-18(4-6-20)13-31-16-21(17-31)34-14-19(27)15-34;1-2/h3-8,19,21H,9-17,27-28H2,1-2H3,(H,29,30,37,38);1-2H3. The average Bonchev–Trinajstić information content (AvgIpc) is 2.90. The number of benzene rings is 1. The summed E-state index contributed by atoms with van der Waals surface area (Å²) in [5, 5.41) is 2.69. The molecule has 3 fully saturated rings. The van der Waals surface area contributed by atoms with E-state index in [0.717, 1.165) is 32.7 Å². The van der Waals surface area contributed by atoms with E-state index in [-0.39, 0.29) is 17.8 Å². The van der Waals surface area contributed by atoms with E-state index in [4.69, 9.17) is 11.5 Å². The number of hydrogen-bond acceptors (Lipinski definition) is 8. The van der Waals surface area contributed by atoms with Crippen molar-refractivity contribution in [1.29, 1.82) is 0 Å². The molecule has 3 aliphatic rings. The molecule has 5 rings (SSSR count). The van der Waals surface area contributed by atoms with E-state index in [1.807, 2.05) is 38.1 Å². The number of amides is 3. The fraction of sp³-hybridized carbons (Fsp3) is 0.571. The average molecular weight is 554 g/mol. The van der Waals surface area contributed by atoms with Crippen molar-refractivity contribution in [2.45, 2.75) is 51.9 Å². The summed E-state index contributed by atoms with van der Waals surface area (Å²) >= 11 is 0. The third-order valence-corrected chi connectivity index (χ3v) is 7.46. The van der Waals surface area contributed by atoms with Gasteiger partial charge in [0.1, 0.15) is 5.82 Å². The highest BCUT2D eigenvalue weighted by molar-refractivity contribution is 5.89. The second-order valence-electron chi connectivity index (χ2n) is 11.1. The van der Waals surface area contributed by atoms with E-state index in [9.17, 15) is 14.4 Å². The predicted octanol–water partition coefficient (Wildman–Crippen LogP) is 0.499. The molecule has 0 aliphatic carbocycles. The highest BCUT2D eigenvalue weighted by Crippen LogP contribution is 2.22. The van der Waals surface area contributed by atoms with Gasteiger partial charge in [0.05, 0.1) is 11.2 Å². The molecule has 40 heavy (non-hydrogen) atoms. The molecule has 3 amide bonds.